The number of amides is 2. The van der Waals surface area contributed by atoms with Crippen molar-refractivity contribution in [3.05, 3.63) is 29.6 Å². The van der Waals surface area contributed by atoms with Crippen LogP contribution in [0.3, 0.4) is 0 Å². The Morgan fingerprint density at radius 3 is 2.74 bits per heavy atom. The molecule has 0 aliphatic carbocycles. The van der Waals surface area contributed by atoms with E-state index in [4.69, 9.17) is 9.47 Å². The lowest BCUT2D eigenvalue weighted by Crippen LogP contribution is -2.55. The van der Waals surface area contributed by atoms with Crippen LogP contribution in [0.5, 0.6) is 5.75 Å². The fourth-order valence-electron chi connectivity index (χ4n) is 4.42. The molecule has 8 heteroatoms. The summed E-state index contributed by atoms with van der Waals surface area (Å²) in [4.78, 5) is 26.9. The van der Waals surface area contributed by atoms with E-state index in [1.807, 2.05) is 0 Å². The van der Waals surface area contributed by atoms with Gasteiger partial charge in [-0.15, -0.1) is 0 Å². The van der Waals surface area contributed by atoms with Gasteiger partial charge in [0.15, 0.2) is 11.6 Å². The zero-order valence-electron chi connectivity index (χ0n) is 18.8. The average molecular weight is 436 g/mol. The summed E-state index contributed by atoms with van der Waals surface area (Å²) in [6.45, 7) is 7.96. The Morgan fingerprint density at radius 2 is 2.10 bits per heavy atom. The number of nitrogens with one attached hydrogen (secondary N) is 2. The van der Waals surface area contributed by atoms with Crippen molar-refractivity contribution in [1.29, 1.82) is 0 Å². The number of ether oxygens (including phenoxy) is 2. The summed E-state index contributed by atoms with van der Waals surface area (Å²) in [7, 11) is 1.43. The van der Waals surface area contributed by atoms with E-state index in [1.54, 1.807) is 12.1 Å². The molecular weight excluding hydrogens is 401 g/mol. The van der Waals surface area contributed by atoms with Crippen molar-refractivity contribution in [3.63, 3.8) is 0 Å². The number of benzene rings is 1. The Bertz CT molecular complexity index is 795. The van der Waals surface area contributed by atoms with Crippen molar-refractivity contribution < 1.29 is 23.5 Å². The van der Waals surface area contributed by atoms with Gasteiger partial charge in [-0.25, -0.2) is 4.39 Å². The van der Waals surface area contributed by atoms with E-state index in [-0.39, 0.29) is 23.1 Å². The first kappa shape index (κ1) is 23.5. The highest BCUT2D eigenvalue weighted by molar-refractivity contribution is 5.80. The third-order valence-corrected chi connectivity index (χ3v) is 6.41. The number of hydrogen-bond acceptors (Lipinski definition) is 5. The van der Waals surface area contributed by atoms with E-state index in [9.17, 15) is 14.0 Å². The molecule has 2 aliphatic heterocycles. The lowest BCUT2D eigenvalue weighted by molar-refractivity contribution is -0.123. The van der Waals surface area contributed by atoms with Gasteiger partial charge in [-0.05, 0) is 50.8 Å². The molecule has 0 unspecified atom stereocenters. The lowest BCUT2D eigenvalue weighted by Gasteiger charge is -2.41. The van der Waals surface area contributed by atoms with E-state index >= 15 is 0 Å². The topological polar surface area (TPSA) is 79.9 Å². The number of morpholine rings is 1. The van der Waals surface area contributed by atoms with Crippen LogP contribution in [0.1, 0.15) is 45.1 Å². The maximum Gasteiger partial charge on any atom is 0.220 e. The van der Waals surface area contributed by atoms with Crippen LogP contribution in [-0.4, -0.2) is 67.7 Å². The van der Waals surface area contributed by atoms with Crippen LogP contribution in [0.25, 0.3) is 0 Å². The molecule has 0 spiro atoms. The first-order valence-corrected chi connectivity index (χ1v) is 11.0. The second kappa shape index (κ2) is 9.96. The number of hydrogen-bond donors (Lipinski definition) is 2. The Morgan fingerprint density at radius 1 is 1.35 bits per heavy atom. The highest BCUT2D eigenvalue weighted by atomic mass is 19.1. The van der Waals surface area contributed by atoms with E-state index in [2.05, 4.69) is 29.4 Å². The summed E-state index contributed by atoms with van der Waals surface area (Å²) in [5, 5.41) is 6.13. The minimum absolute atomic E-state index is 0.0112. The largest absolute Gasteiger partial charge is 0.494 e. The maximum absolute atomic E-state index is 13.8. The summed E-state index contributed by atoms with van der Waals surface area (Å²) >= 11 is 0. The monoisotopic (exact) mass is 435 g/mol. The van der Waals surface area contributed by atoms with E-state index < -0.39 is 11.4 Å². The van der Waals surface area contributed by atoms with Gasteiger partial charge >= 0.3 is 0 Å². The molecule has 2 heterocycles. The van der Waals surface area contributed by atoms with Gasteiger partial charge in [0.2, 0.25) is 11.8 Å². The second-order valence-electron chi connectivity index (χ2n) is 9.16. The predicted octanol–water partition coefficient (Wildman–Crippen LogP) is 2.03. The number of carbonyl (C=O) groups excluding carboxylic acids is 2. The van der Waals surface area contributed by atoms with Crippen molar-refractivity contribution in [1.82, 2.24) is 15.5 Å². The smallest absolute Gasteiger partial charge is 0.220 e. The molecule has 172 valence electrons. The Hall–Kier alpha value is -2.19. The van der Waals surface area contributed by atoms with Crippen LogP contribution in [0.15, 0.2) is 18.2 Å². The SMILES string of the molecule is COc1cc(C[C@@]2(CCC(=O)NCC(C)(C)N3CCOCC3)CCC(=O)N2)ccc1F. The third-order valence-electron chi connectivity index (χ3n) is 6.41. The van der Waals surface area contributed by atoms with Gasteiger partial charge in [-0.3, -0.25) is 14.5 Å². The molecule has 1 aromatic rings. The van der Waals surface area contributed by atoms with Gasteiger partial charge in [0.1, 0.15) is 0 Å². The molecule has 2 N–H and O–H groups in total. The number of carbonyl (C=O) groups is 2. The van der Waals surface area contributed by atoms with Crippen LogP contribution >= 0.6 is 0 Å². The van der Waals surface area contributed by atoms with Crippen molar-refractivity contribution in [2.45, 2.75) is 57.0 Å². The lowest BCUT2D eigenvalue weighted by atomic mass is 9.85. The van der Waals surface area contributed by atoms with Crippen LogP contribution in [0.2, 0.25) is 0 Å². The summed E-state index contributed by atoms with van der Waals surface area (Å²) in [6.07, 6.45) is 2.46. The summed E-state index contributed by atoms with van der Waals surface area (Å²) < 4.78 is 24.2. The minimum atomic E-state index is -0.503. The minimum Gasteiger partial charge on any atom is -0.494 e. The van der Waals surface area contributed by atoms with Crippen molar-refractivity contribution in [2.24, 2.45) is 0 Å². The fraction of sp³-hybridized carbons (Fsp3) is 0.652. The van der Waals surface area contributed by atoms with E-state index in [1.165, 1.54) is 13.2 Å². The highest BCUT2D eigenvalue weighted by Crippen LogP contribution is 2.31. The number of halogens is 1. The van der Waals surface area contributed by atoms with Crippen LogP contribution in [-0.2, 0) is 20.7 Å². The molecule has 2 fully saturated rings. The van der Waals surface area contributed by atoms with E-state index in [0.717, 1.165) is 18.7 Å². The van der Waals surface area contributed by atoms with Crippen LogP contribution in [0, 0.1) is 5.82 Å². The normalized spacial score (nSPS) is 22.3. The molecular formula is C23H34FN3O4. The Kier molecular flexibility index (Phi) is 7.54. The molecule has 0 bridgehead atoms. The third kappa shape index (κ3) is 6.17. The molecule has 1 atom stereocenters. The summed E-state index contributed by atoms with van der Waals surface area (Å²) in [5.41, 5.74) is 0.217. The average Bonchev–Trinajstić information content (AvgIpc) is 3.13. The van der Waals surface area contributed by atoms with Crippen molar-refractivity contribution in [2.75, 3.05) is 40.0 Å². The van der Waals surface area contributed by atoms with E-state index in [0.29, 0.717) is 51.9 Å². The van der Waals surface area contributed by atoms with Crippen LogP contribution < -0.4 is 15.4 Å². The summed E-state index contributed by atoms with van der Waals surface area (Å²) in [6, 6.07) is 4.74. The maximum atomic E-state index is 13.8. The molecule has 1 aromatic carbocycles. The van der Waals surface area contributed by atoms with Gasteiger partial charge in [0.25, 0.3) is 0 Å². The zero-order chi connectivity index (χ0) is 22.5. The zero-order valence-corrected chi connectivity index (χ0v) is 18.8. The standard InChI is InChI=1S/C23H34FN3O4/c1-22(2,27-10-12-31-13-11-27)16-25-20(28)6-8-23(9-7-21(29)26-23)15-17-4-5-18(24)19(14-17)30-3/h4-5,14H,6-13,15-16H2,1-3H3,(H,25,28)(H,26,29)/t23-/m1/s1. The van der Waals surface area contributed by atoms with Crippen molar-refractivity contribution in [3.8, 4) is 5.75 Å². The number of methoxy groups -OCH3 is 1. The molecule has 0 radical (unpaired) electrons. The van der Waals surface area contributed by atoms with Gasteiger partial charge in [0, 0.05) is 43.6 Å². The Labute approximate surface area is 183 Å². The van der Waals surface area contributed by atoms with Gasteiger partial charge in [-0.1, -0.05) is 6.07 Å². The quantitative estimate of drug-likeness (QED) is 0.621. The molecule has 31 heavy (non-hydrogen) atoms. The van der Waals surface area contributed by atoms with Gasteiger partial charge in [-0.2, -0.15) is 0 Å². The molecule has 2 amide bonds. The number of nitrogens with zero attached hydrogens (tertiary/aromatic N) is 1. The predicted molar refractivity (Wildman–Crippen MR) is 115 cm³/mol. The molecule has 3 rings (SSSR count). The van der Waals surface area contributed by atoms with Gasteiger partial charge < -0.3 is 20.1 Å². The van der Waals surface area contributed by atoms with Gasteiger partial charge in [0.05, 0.1) is 20.3 Å². The highest BCUT2D eigenvalue weighted by Gasteiger charge is 2.38. The molecule has 0 aromatic heterocycles. The molecule has 7 nitrogen and oxygen atoms in total. The molecule has 0 saturated carbocycles. The first-order valence-electron chi connectivity index (χ1n) is 11.0. The first-order chi connectivity index (χ1) is 14.7. The van der Waals surface area contributed by atoms with Crippen LogP contribution in [0.4, 0.5) is 4.39 Å². The molecule has 2 aliphatic rings. The summed E-state index contributed by atoms with van der Waals surface area (Å²) in [5.74, 6) is -0.278. The number of rotatable bonds is 9. The second-order valence-corrected chi connectivity index (χ2v) is 9.16. The van der Waals surface area contributed by atoms with Crippen molar-refractivity contribution >= 4 is 11.8 Å². The molecule has 2 saturated heterocycles. The fourth-order valence-corrected chi connectivity index (χ4v) is 4.42. The Balaban J connectivity index is 1.57.